The van der Waals surface area contributed by atoms with Crippen LogP contribution in [0.5, 0.6) is 0 Å². The zero-order chi connectivity index (χ0) is 14.8. The van der Waals surface area contributed by atoms with Crippen molar-refractivity contribution < 1.29 is 22.0 Å². The Labute approximate surface area is 114 Å². The van der Waals surface area contributed by atoms with E-state index in [4.69, 9.17) is 9.56 Å². The number of halogens is 1. The second-order valence-corrected chi connectivity index (χ2v) is 5.60. The van der Waals surface area contributed by atoms with Crippen molar-refractivity contribution in [3.05, 3.63) is 53.7 Å². The van der Waals surface area contributed by atoms with Gasteiger partial charge in [0.1, 0.15) is 5.82 Å². The molecule has 1 heterocycles. The number of carbonyl (C=O) groups is 1. The van der Waals surface area contributed by atoms with Gasteiger partial charge in [0.25, 0.3) is 5.91 Å². The van der Waals surface area contributed by atoms with Gasteiger partial charge in [0.05, 0.1) is 17.4 Å². The van der Waals surface area contributed by atoms with Gasteiger partial charge >= 0.3 is 0 Å². The Bertz CT molecular complexity index is 726. The molecule has 6 nitrogen and oxygen atoms in total. The number of benzene rings is 1. The summed E-state index contributed by atoms with van der Waals surface area (Å²) in [7, 11) is -4.07. The van der Waals surface area contributed by atoms with E-state index in [1.165, 1.54) is 12.5 Å². The van der Waals surface area contributed by atoms with Crippen molar-refractivity contribution in [2.75, 3.05) is 0 Å². The Hall–Kier alpha value is -2.19. The van der Waals surface area contributed by atoms with Gasteiger partial charge in [-0.25, -0.2) is 17.9 Å². The molecule has 0 unspecified atom stereocenters. The molecule has 20 heavy (non-hydrogen) atoms. The molecule has 106 valence electrons. The molecule has 0 atom stereocenters. The van der Waals surface area contributed by atoms with Crippen molar-refractivity contribution in [2.24, 2.45) is 5.14 Å². The van der Waals surface area contributed by atoms with Gasteiger partial charge in [-0.15, -0.1) is 0 Å². The molecule has 0 saturated heterocycles. The number of carbonyl (C=O) groups excluding carboxylic acids is 1. The Morgan fingerprint density at radius 3 is 2.70 bits per heavy atom. The molecule has 0 radical (unpaired) electrons. The molecule has 1 amide bonds. The number of sulfonamides is 1. The van der Waals surface area contributed by atoms with E-state index in [0.717, 1.165) is 23.8 Å². The Morgan fingerprint density at radius 1 is 1.35 bits per heavy atom. The summed E-state index contributed by atoms with van der Waals surface area (Å²) in [6.07, 6.45) is 2.89. The average Bonchev–Trinajstić information content (AvgIpc) is 2.87. The van der Waals surface area contributed by atoms with Crippen LogP contribution in [0.3, 0.4) is 0 Å². The van der Waals surface area contributed by atoms with Crippen LogP contribution in [0.4, 0.5) is 4.39 Å². The molecule has 0 aliphatic carbocycles. The lowest BCUT2D eigenvalue weighted by molar-refractivity contribution is 0.0950. The molecule has 2 aromatic rings. The van der Waals surface area contributed by atoms with Crippen LogP contribution in [-0.2, 0) is 16.6 Å². The minimum Gasteiger partial charge on any atom is -0.472 e. The van der Waals surface area contributed by atoms with Crippen LogP contribution in [0.2, 0.25) is 0 Å². The van der Waals surface area contributed by atoms with Crippen molar-refractivity contribution in [3.63, 3.8) is 0 Å². The van der Waals surface area contributed by atoms with Crippen LogP contribution in [0.15, 0.2) is 46.1 Å². The monoisotopic (exact) mass is 298 g/mol. The summed E-state index contributed by atoms with van der Waals surface area (Å²) in [5.74, 6) is -1.47. The fraction of sp³-hybridized carbons (Fsp3) is 0.0833. The third-order valence-corrected chi connectivity index (χ3v) is 3.39. The quantitative estimate of drug-likeness (QED) is 0.878. The summed E-state index contributed by atoms with van der Waals surface area (Å²) in [6, 6.07) is 4.35. The van der Waals surface area contributed by atoms with E-state index in [1.807, 2.05) is 0 Å². The lowest BCUT2D eigenvalue weighted by Crippen LogP contribution is -2.23. The SMILES string of the molecule is NS(=O)(=O)c1cc(F)cc(C(=O)NCc2ccoc2)c1. The standard InChI is InChI=1S/C12H11FN2O4S/c13-10-3-9(4-11(5-10)20(14,17)18)12(16)15-6-8-1-2-19-7-8/h1-5,7H,6H2,(H,15,16)(H2,14,17,18). The van der Waals surface area contributed by atoms with Crippen LogP contribution in [0.1, 0.15) is 15.9 Å². The van der Waals surface area contributed by atoms with E-state index < -0.39 is 26.6 Å². The number of amides is 1. The third kappa shape index (κ3) is 3.43. The normalized spacial score (nSPS) is 11.3. The first-order chi connectivity index (χ1) is 9.36. The van der Waals surface area contributed by atoms with E-state index in [2.05, 4.69) is 5.32 Å². The fourth-order valence-corrected chi connectivity index (χ4v) is 2.10. The zero-order valence-electron chi connectivity index (χ0n) is 10.2. The Balaban J connectivity index is 2.19. The van der Waals surface area contributed by atoms with Crippen molar-refractivity contribution in [1.29, 1.82) is 0 Å². The lowest BCUT2D eigenvalue weighted by atomic mass is 10.2. The van der Waals surface area contributed by atoms with Gasteiger partial charge < -0.3 is 9.73 Å². The molecule has 8 heteroatoms. The lowest BCUT2D eigenvalue weighted by Gasteiger charge is -2.06. The average molecular weight is 298 g/mol. The highest BCUT2D eigenvalue weighted by Crippen LogP contribution is 2.13. The summed E-state index contributed by atoms with van der Waals surface area (Å²) in [6.45, 7) is 0.177. The maximum Gasteiger partial charge on any atom is 0.251 e. The molecular weight excluding hydrogens is 287 g/mol. The second kappa shape index (κ2) is 5.43. The summed E-state index contributed by atoms with van der Waals surface area (Å²) in [4.78, 5) is 11.4. The summed E-state index contributed by atoms with van der Waals surface area (Å²) in [5, 5.41) is 7.41. The number of nitrogens with one attached hydrogen (secondary N) is 1. The number of hydrogen-bond donors (Lipinski definition) is 2. The predicted molar refractivity (Wildman–Crippen MR) is 67.7 cm³/mol. The van der Waals surface area contributed by atoms with Crippen LogP contribution < -0.4 is 10.5 Å². The first-order valence-corrected chi connectivity index (χ1v) is 7.03. The molecule has 0 fully saturated rings. The van der Waals surface area contributed by atoms with Gasteiger partial charge in [0.2, 0.25) is 10.0 Å². The van der Waals surface area contributed by atoms with Crippen LogP contribution in [0.25, 0.3) is 0 Å². The largest absolute Gasteiger partial charge is 0.472 e. The molecule has 0 saturated carbocycles. The van der Waals surface area contributed by atoms with Gasteiger partial charge in [-0.2, -0.15) is 0 Å². The highest BCUT2D eigenvalue weighted by Gasteiger charge is 2.14. The molecule has 0 aliphatic rings. The van der Waals surface area contributed by atoms with E-state index >= 15 is 0 Å². The maximum absolute atomic E-state index is 13.3. The fourth-order valence-electron chi connectivity index (χ4n) is 1.54. The zero-order valence-corrected chi connectivity index (χ0v) is 11.0. The Morgan fingerprint density at radius 2 is 2.10 bits per heavy atom. The summed E-state index contributed by atoms with van der Waals surface area (Å²) < 4.78 is 40.5. The van der Waals surface area contributed by atoms with Crippen molar-refractivity contribution in [3.8, 4) is 0 Å². The molecule has 0 aliphatic heterocycles. The number of furan rings is 1. The minimum absolute atomic E-state index is 0.127. The van der Waals surface area contributed by atoms with Crippen LogP contribution in [-0.4, -0.2) is 14.3 Å². The summed E-state index contributed by atoms with van der Waals surface area (Å²) in [5.41, 5.74) is 0.596. The smallest absolute Gasteiger partial charge is 0.251 e. The van der Waals surface area contributed by atoms with E-state index in [-0.39, 0.29) is 12.1 Å². The third-order valence-electron chi connectivity index (χ3n) is 2.50. The van der Waals surface area contributed by atoms with Gasteiger partial charge in [-0.05, 0) is 24.3 Å². The van der Waals surface area contributed by atoms with Gasteiger partial charge in [-0.3, -0.25) is 4.79 Å². The second-order valence-electron chi connectivity index (χ2n) is 4.03. The number of primary sulfonamides is 1. The molecule has 2 rings (SSSR count). The molecule has 0 bridgehead atoms. The van der Waals surface area contributed by atoms with Crippen LogP contribution in [0, 0.1) is 5.82 Å². The van der Waals surface area contributed by atoms with E-state index in [9.17, 15) is 17.6 Å². The highest BCUT2D eigenvalue weighted by molar-refractivity contribution is 7.89. The first kappa shape index (κ1) is 14.2. The predicted octanol–water partition coefficient (Wildman–Crippen LogP) is 0.996. The minimum atomic E-state index is -4.07. The molecule has 1 aromatic carbocycles. The van der Waals surface area contributed by atoms with Gasteiger partial charge in [0, 0.05) is 17.7 Å². The van der Waals surface area contributed by atoms with Gasteiger partial charge in [0.15, 0.2) is 0 Å². The number of hydrogen-bond acceptors (Lipinski definition) is 4. The van der Waals surface area contributed by atoms with Crippen molar-refractivity contribution in [1.82, 2.24) is 5.32 Å². The van der Waals surface area contributed by atoms with E-state index in [1.54, 1.807) is 6.07 Å². The van der Waals surface area contributed by atoms with E-state index in [0.29, 0.717) is 0 Å². The first-order valence-electron chi connectivity index (χ1n) is 5.49. The topological polar surface area (TPSA) is 102 Å². The van der Waals surface area contributed by atoms with Crippen LogP contribution >= 0.6 is 0 Å². The highest BCUT2D eigenvalue weighted by atomic mass is 32.2. The van der Waals surface area contributed by atoms with Crippen molar-refractivity contribution in [2.45, 2.75) is 11.4 Å². The Kier molecular flexibility index (Phi) is 3.86. The number of rotatable bonds is 4. The molecule has 0 spiro atoms. The summed E-state index contributed by atoms with van der Waals surface area (Å²) >= 11 is 0. The van der Waals surface area contributed by atoms with Gasteiger partial charge in [-0.1, -0.05) is 0 Å². The molecule has 3 N–H and O–H groups in total. The number of nitrogens with two attached hydrogens (primary N) is 1. The van der Waals surface area contributed by atoms with Crippen molar-refractivity contribution >= 4 is 15.9 Å². The maximum atomic E-state index is 13.3. The molecule has 1 aromatic heterocycles. The molecular formula is C12H11FN2O4S.